The zero-order valence-electron chi connectivity index (χ0n) is 23.6. The molecule has 0 saturated heterocycles. The van der Waals surface area contributed by atoms with Gasteiger partial charge in [-0.05, 0) is 38.3 Å². The van der Waals surface area contributed by atoms with Crippen molar-refractivity contribution in [2.24, 2.45) is 5.92 Å². The molecule has 1 aromatic rings. The third kappa shape index (κ3) is 9.79. The van der Waals surface area contributed by atoms with Crippen molar-refractivity contribution in [2.75, 3.05) is 26.9 Å². The first-order valence-corrected chi connectivity index (χ1v) is 13.3. The van der Waals surface area contributed by atoms with E-state index in [0.717, 1.165) is 0 Å². The third-order valence-corrected chi connectivity index (χ3v) is 6.17. The lowest BCUT2D eigenvalue weighted by atomic mass is 10.0. The molecule has 0 spiro atoms. The maximum atomic E-state index is 13.2. The van der Waals surface area contributed by atoms with Gasteiger partial charge in [0.15, 0.2) is 0 Å². The Labute approximate surface area is 234 Å². The van der Waals surface area contributed by atoms with Crippen LogP contribution >= 0.6 is 0 Å². The van der Waals surface area contributed by atoms with Gasteiger partial charge in [-0.25, -0.2) is 0 Å². The highest BCUT2D eigenvalue weighted by molar-refractivity contribution is 6.01. The first-order valence-electron chi connectivity index (χ1n) is 13.3. The second-order valence-electron chi connectivity index (χ2n) is 10.1. The smallest absolute Gasteiger partial charge is 0.255 e. The first-order chi connectivity index (χ1) is 18.9. The molecule has 2 rings (SSSR count). The zero-order chi connectivity index (χ0) is 29.8. The number of benzene rings is 1. The Balaban J connectivity index is 2.42. The molecule has 0 unspecified atom stereocenters. The second kappa shape index (κ2) is 15.8. The molecule has 0 aliphatic carbocycles. The molecule has 6 N–H and O–H groups in total. The highest BCUT2D eigenvalue weighted by Gasteiger charge is 2.33. The van der Waals surface area contributed by atoms with Crippen LogP contribution in [0.25, 0.3) is 0 Å². The Bertz CT molecular complexity index is 1050. The van der Waals surface area contributed by atoms with E-state index in [1.165, 1.54) is 20.1 Å². The average Bonchev–Trinajstić information content (AvgIpc) is 2.90. The van der Waals surface area contributed by atoms with Gasteiger partial charge in [0.05, 0.1) is 24.1 Å². The molecular formula is C27H41N5O8. The number of methoxy groups -OCH3 is 1. The van der Waals surface area contributed by atoms with Crippen molar-refractivity contribution in [3.63, 3.8) is 0 Å². The van der Waals surface area contributed by atoms with Crippen molar-refractivity contribution >= 4 is 29.5 Å². The Morgan fingerprint density at radius 1 is 1.05 bits per heavy atom. The Morgan fingerprint density at radius 3 is 2.38 bits per heavy atom. The molecular weight excluding hydrogens is 522 g/mol. The standard InChI is InChI=1S/C27H41N5O8/c1-15(2)22-26(37)29-16(3)14-40-20-10-7-6-9-18(20)24(35)30-19(25(36)28-11-8-12-39-5)13-21(34)31-23(17(4)33)27(38)32-22/h6-7,9-10,15-17,19,22-23,33H,8,11-14H2,1-5H3,(H,28,36)(H,29,37)(H,30,35)(H,31,34)(H,32,38)/t16-,17+,19-,22+,23-/m0/s1. The quantitative estimate of drug-likeness (QED) is 0.234. The highest BCUT2D eigenvalue weighted by Crippen LogP contribution is 2.19. The topological polar surface area (TPSA) is 184 Å². The van der Waals surface area contributed by atoms with Crippen LogP contribution in [0.5, 0.6) is 5.75 Å². The number of para-hydroxylation sites is 1. The summed E-state index contributed by atoms with van der Waals surface area (Å²) in [5.41, 5.74) is 0.127. The van der Waals surface area contributed by atoms with Crippen molar-refractivity contribution in [2.45, 2.75) is 70.8 Å². The van der Waals surface area contributed by atoms with E-state index in [0.29, 0.717) is 13.0 Å². The fourth-order valence-corrected chi connectivity index (χ4v) is 3.97. The number of rotatable bonds is 7. The van der Waals surface area contributed by atoms with E-state index in [4.69, 9.17) is 9.47 Å². The summed E-state index contributed by atoms with van der Waals surface area (Å²) in [7, 11) is 1.53. The summed E-state index contributed by atoms with van der Waals surface area (Å²) in [5, 5.41) is 23.3. The predicted octanol–water partition coefficient (Wildman–Crippen LogP) is -0.769. The largest absolute Gasteiger partial charge is 0.491 e. The molecule has 0 saturated carbocycles. The molecule has 1 aliphatic rings. The van der Waals surface area contributed by atoms with E-state index < -0.39 is 66.2 Å². The summed E-state index contributed by atoms with van der Waals surface area (Å²) in [6.45, 7) is 7.16. The van der Waals surface area contributed by atoms with Crippen LogP contribution in [0.15, 0.2) is 24.3 Å². The van der Waals surface area contributed by atoms with Crippen LogP contribution in [0.3, 0.4) is 0 Å². The normalized spacial score (nSPS) is 23.9. The minimum absolute atomic E-state index is 0.00848. The van der Waals surface area contributed by atoms with Crippen molar-refractivity contribution in [1.82, 2.24) is 26.6 Å². The summed E-state index contributed by atoms with van der Waals surface area (Å²) in [6, 6.07) is 2.19. The molecule has 13 heteroatoms. The average molecular weight is 564 g/mol. The SMILES string of the molecule is COCCCNC(=O)[C@@H]1CC(=O)N[C@@H]([C@@H](C)O)C(=O)N[C@H](C(C)C)C(=O)N[C@@H](C)COc2ccccc2C(=O)N1. The van der Waals surface area contributed by atoms with Crippen LogP contribution in [-0.2, 0) is 23.9 Å². The molecule has 1 heterocycles. The number of hydrogen-bond acceptors (Lipinski definition) is 8. The molecule has 0 fully saturated rings. The van der Waals surface area contributed by atoms with Gasteiger partial charge in [0.1, 0.15) is 30.5 Å². The molecule has 5 atom stereocenters. The number of hydrogen-bond donors (Lipinski definition) is 6. The second-order valence-corrected chi connectivity index (χ2v) is 10.1. The lowest BCUT2D eigenvalue weighted by Gasteiger charge is -2.27. The van der Waals surface area contributed by atoms with Gasteiger partial charge in [0.2, 0.25) is 23.6 Å². The Hall–Kier alpha value is -3.71. The molecule has 0 radical (unpaired) electrons. The van der Waals surface area contributed by atoms with E-state index >= 15 is 0 Å². The monoisotopic (exact) mass is 563 g/mol. The molecule has 0 aromatic heterocycles. The minimum Gasteiger partial charge on any atom is -0.491 e. The van der Waals surface area contributed by atoms with Crippen LogP contribution in [0.4, 0.5) is 0 Å². The van der Waals surface area contributed by atoms with Crippen molar-refractivity contribution < 1.29 is 38.6 Å². The van der Waals surface area contributed by atoms with Crippen LogP contribution in [0, 0.1) is 5.92 Å². The number of fused-ring (bicyclic) bond motifs is 1. The number of amides is 5. The van der Waals surface area contributed by atoms with Crippen LogP contribution < -0.4 is 31.3 Å². The van der Waals surface area contributed by atoms with Gasteiger partial charge in [-0.1, -0.05) is 26.0 Å². The van der Waals surface area contributed by atoms with Gasteiger partial charge in [-0.2, -0.15) is 0 Å². The lowest BCUT2D eigenvalue weighted by Crippen LogP contribution is -2.59. The third-order valence-electron chi connectivity index (χ3n) is 6.17. The number of aliphatic hydroxyl groups is 1. The van der Waals surface area contributed by atoms with Crippen molar-refractivity contribution in [3.8, 4) is 5.75 Å². The molecule has 1 aromatic carbocycles. The summed E-state index contributed by atoms with van der Waals surface area (Å²) in [4.78, 5) is 65.3. The fourth-order valence-electron chi connectivity index (χ4n) is 3.97. The van der Waals surface area contributed by atoms with Crippen LogP contribution in [0.1, 0.15) is 50.9 Å². The van der Waals surface area contributed by atoms with Gasteiger partial charge in [-0.3, -0.25) is 24.0 Å². The molecule has 222 valence electrons. The van der Waals surface area contributed by atoms with Crippen LogP contribution in [-0.4, -0.2) is 91.8 Å². The number of carbonyl (C=O) groups is 5. The molecule has 40 heavy (non-hydrogen) atoms. The Kier molecular flexibility index (Phi) is 12.8. The van der Waals surface area contributed by atoms with Crippen molar-refractivity contribution in [1.29, 1.82) is 0 Å². The van der Waals surface area contributed by atoms with Gasteiger partial charge < -0.3 is 41.2 Å². The fraction of sp³-hybridized carbons (Fsp3) is 0.593. The van der Waals surface area contributed by atoms with Gasteiger partial charge in [0, 0.05) is 20.3 Å². The van der Waals surface area contributed by atoms with E-state index in [9.17, 15) is 29.1 Å². The number of aliphatic hydroxyl groups excluding tert-OH is 1. The van der Waals surface area contributed by atoms with E-state index in [2.05, 4.69) is 26.6 Å². The maximum absolute atomic E-state index is 13.2. The molecule has 1 aliphatic heterocycles. The van der Waals surface area contributed by atoms with Gasteiger partial charge in [0.25, 0.3) is 5.91 Å². The zero-order valence-corrected chi connectivity index (χ0v) is 23.6. The molecule has 5 amide bonds. The predicted molar refractivity (Wildman–Crippen MR) is 145 cm³/mol. The minimum atomic E-state index is -1.42. The highest BCUT2D eigenvalue weighted by atomic mass is 16.5. The lowest BCUT2D eigenvalue weighted by molar-refractivity contribution is -0.135. The number of ether oxygens (including phenoxy) is 2. The molecule has 0 bridgehead atoms. The van der Waals surface area contributed by atoms with Gasteiger partial charge >= 0.3 is 0 Å². The number of nitrogens with one attached hydrogen (secondary N) is 5. The van der Waals surface area contributed by atoms with E-state index in [1.807, 2.05) is 0 Å². The van der Waals surface area contributed by atoms with Crippen LogP contribution in [0.2, 0.25) is 0 Å². The van der Waals surface area contributed by atoms with Gasteiger partial charge in [-0.15, -0.1) is 0 Å². The number of carbonyl (C=O) groups excluding carboxylic acids is 5. The first kappa shape index (κ1) is 32.5. The van der Waals surface area contributed by atoms with E-state index in [1.54, 1.807) is 39.0 Å². The summed E-state index contributed by atoms with van der Waals surface area (Å²) in [6.07, 6.45) is -1.33. The summed E-state index contributed by atoms with van der Waals surface area (Å²) < 4.78 is 10.8. The Morgan fingerprint density at radius 2 is 1.73 bits per heavy atom. The van der Waals surface area contributed by atoms with E-state index in [-0.39, 0.29) is 30.4 Å². The maximum Gasteiger partial charge on any atom is 0.255 e. The summed E-state index contributed by atoms with van der Waals surface area (Å²) >= 11 is 0. The van der Waals surface area contributed by atoms with Crippen molar-refractivity contribution in [3.05, 3.63) is 29.8 Å². The molecule has 13 nitrogen and oxygen atoms in total. The summed E-state index contributed by atoms with van der Waals surface area (Å²) in [5.74, 6) is -3.40.